The number of carbonyl (C=O) groups is 5. The van der Waals surface area contributed by atoms with Crippen molar-refractivity contribution in [2.24, 2.45) is 0 Å². The number of unbranched alkanes of at least 4 members (excludes halogenated alkanes) is 2. The van der Waals surface area contributed by atoms with E-state index in [1.165, 1.54) is 21.6 Å². The Morgan fingerprint density at radius 3 is 2.44 bits per heavy atom. The number of nitrogen functional groups attached to an aromatic ring is 1. The van der Waals surface area contributed by atoms with Crippen LogP contribution in [0.5, 0.6) is 0 Å². The molecule has 1 saturated heterocycles. The van der Waals surface area contributed by atoms with E-state index in [0.29, 0.717) is 43.6 Å². The van der Waals surface area contributed by atoms with E-state index in [-0.39, 0.29) is 68.0 Å². The van der Waals surface area contributed by atoms with E-state index in [9.17, 15) is 47.7 Å². The second-order valence-corrected chi connectivity index (χ2v) is 18.4. The summed E-state index contributed by atoms with van der Waals surface area (Å²) in [6.07, 6.45) is -0.878. The normalized spacial score (nSPS) is 16.6. The van der Waals surface area contributed by atoms with Gasteiger partial charge in [-0.2, -0.15) is 4.98 Å². The minimum Gasteiger partial charge on any atom is -0.466 e. The zero-order valence-corrected chi connectivity index (χ0v) is 37.4. The number of nitrogens with zero attached hydrogens (tertiary/aromatic N) is 2. The zero-order valence-electron chi connectivity index (χ0n) is 34.0. The summed E-state index contributed by atoms with van der Waals surface area (Å²) in [6, 6.07) is 7.69. The third-order valence-electron chi connectivity index (χ3n) is 8.38. The maximum atomic E-state index is 13.1. The van der Waals surface area contributed by atoms with E-state index in [0.717, 1.165) is 10.8 Å². The van der Waals surface area contributed by atoms with Gasteiger partial charge in [-0.05, 0) is 31.7 Å². The number of phosphoric acid groups is 2. The first-order valence-corrected chi connectivity index (χ1v) is 24.8. The number of nitrogens with two attached hydrogens (primary N) is 1. The maximum Gasteiger partial charge on any atom is 0.469 e. The van der Waals surface area contributed by atoms with Crippen LogP contribution in [-0.2, 0) is 63.0 Å². The van der Waals surface area contributed by atoms with Crippen LogP contribution in [0.25, 0.3) is 0 Å². The molecule has 1 aromatic heterocycles. The molecule has 0 aliphatic carbocycles. The van der Waals surface area contributed by atoms with Crippen LogP contribution in [0, 0.1) is 11.8 Å². The van der Waals surface area contributed by atoms with Crippen molar-refractivity contribution < 1.29 is 75.9 Å². The lowest BCUT2D eigenvalue weighted by Gasteiger charge is -2.19. The first-order chi connectivity index (χ1) is 29.8. The molecule has 1 aliphatic rings. The van der Waals surface area contributed by atoms with E-state index in [2.05, 4.69) is 41.8 Å². The van der Waals surface area contributed by atoms with Crippen LogP contribution < -0.4 is 27.4 Å². The van der Waals surface area contributed by atoms with Crippen LogP contribution in [-0.4, -0.2) is 115 Å². The molecular weight excluding hydrogens is 915 g/mol. The third-order valence-corrected chi connectivity index (χ3v) is 11.9. The Kier molecular flexibility index (Phi) is 22.8. The molecule has 1 aromatic carbocycles. The summed E-state index contributed by atoms with van der Waals surface area (Å²) >= 11 is 0. The topological polar surface area (TPSA) is 344 Å². The number of phosphoric ester groups is 2. The van der Waals surface area contributed by atoms with Crippen molar-refractivity contribution in [3.8, 4) is 11.8 Å². The van der Waals surface area contributed by atoms with Crippen LogP contribution in [0.3, 0.4) is 0 Å². The lowest BCUT2D eigenvalue weighted by Crippen LogP contribution is -2.50. The zero-order chi connectivity index (χ0) is 46.4. The summed E-state index contributed by atoms with van der Waals surface area (Å²) < 4.78 is 48.2. The molecule has 348 valence electrons. The lowest BCUT2D eigenvalue weighted by atomic mass is 10.2. The number of aromatic nitrogens is 2. The van der Waals surface area contributed by atoms with Gasteiger partial charge in [0.1, 0.15) is 36.9 Å². The van der Waals surface area contributed by atoms with Gasteiger partial charge in [0.05, 0.1) is 25.3 Å². The Morgan fingerprint density at radius 1 is 1.00 bits per heavy atom. The summed E-state index contributed by atoms with van der Waals surface area (Å²) in [6.45, 7) is 1.16. The molecule has 23 nitrogen and oxygen atoms in total. The molecule has 3 rings (SSSR count). The predicted octanol–water partition coefficient (Wildman–Crippen LogP) is 0.797. The Hall–Kier alpha value is -4.31. The van der Waals surface area contributed by atoms with Gasteiger partial charge >= 0.3 is 39.2 Å². The van der Waals surface area contributed by atoms with Crippen molar-refractivity contribution in [3.05, 3.63) is 58.1 Å². The Balaban J connectivity index is 1.44. The first kappa shape index (κ1) is 53.0. The van der Waals surface area contributed by atoms with Crippen molar-refractivity contribution in [1.82, 2.24) is 25.5 Å². The molecule has 2 heterocycles. The van der Waals surface area contributed by atoms with Gasteiger partial charge in [-0.3, -0.25) is 32.8 Å². The first-order valence-electron chi connectivity index (χ1n) is 19.3. The second kappa shape index (κ2) is 27.1. The molecule has 1 fully saturated rings. The number of esters is 2. The fourth-order valence-electron chi connectivity index (χ4n) is 5.43. The summed E-state index contributed by atoms with van der Waals surface area (Å²) in [4.78, 5) is 115. The number of amides is 3. The minimum absolute atomic E-state index is 0.0325. The van der Waals surface area contributed by atoms with E-state index in [1.54, 1.807) is 37.3 Å². The maximum absolute atomic E-state index is 13.1. The van der Waals surface area contributed by atoms with Gasteiger partial charge in [0.2, 0.25) is 11.8 Å². The Bertz CT molecular complexity index is 2080. The highest BCUT2D eigenvalue weighted by atomic mass is 33.1. The highest BCUT2D eigenvalue weighted by Crippen LogP contribution is 2.45. The molecule has 3 amide bonds. The summed E-state index contributed by atoms with van der Waals surface area (Å²) in [5.74, 6) is 2.41. The largest absolute Gasteiger partial charge is 0.469 e. The van der Waals surface area contributed by atoms with Crippen LogP contribution in [0.15, 0.2) is 41.3 Å². The Morgan fingerprint density at radius 2 is 1.75 bits per heavy atom. The molecule has 4 unspecified atom stereocenters. The molecule has 0 bridgehead atoms. The van der Waals surface area contributed by atoms with Gasteiger partial charge in [-0.1, -0.05) is 70.2 Å². The molecule has 0 saturated carbocycles. The number of nitrogens with one attached hydrogen (secondary N) is 3. The average Bonchev–Trinajstić information content (AvgIpc) is 3.61. The summed E-state index contributed by atoms with van der Waals surface area (Å²) in [5.41, 5.74) is 5.64. The van der Waals surface area contributed by atoms with Crippen molar-refractivity contribution in [1.29, 1.82) is 0 Å². The SMILES string of the molecule is CCOC(=O)CCCSSCC(NC(=O)C(=O)OCc1ccccc1)C(=O)NCCCCCC(=O)NCC#Cc1cn(C2CC(OP(=O)(O)O)C(COP(=O)(O)O)O2)c(=O)nc1N. The predicted molar refractivity (Wildman–Crippen MR) is 227 cm³/mol. The number of carbonyl (C=O) groups excluding carboxylic acids is 5. The fraction of sp³-hybridized carbons (Fsp3) is 0.528. The number of anilines is 1. The fourth-order valence-corrected chi connectivity index (χ4v) is 8.59. The molecule has 2 aromatic rings. The second-order valence-electron chi connectivity index (χ2n) is 13.3. The number of hydrogen-bond acceptors (Lipinski definition) is 17. The average molecular weight is 965 g/mol. The van der Waals surface area contributed by atoms with Gasteiger partial charge in [0.25, 0.3) is 0 Å². The van der Waals surface area contributed by atoms with Gasteiger partial charge in [0, 0.05) is 43.5 Å². The van der Waals surface area contributed by atoms with Crippen molar-refractivity contribution in [3.63, 3.8) is 0 Å². The highest BCUT2D eigenvalue weighted by molar-refractivity contribution is 8.76. The van der Waals surface area contributed by atoms with Crippen LogP contribution in [0.1, 0.15) is 69.2 Å². The molecular formula is C36H50N6O17P2S2. The number of hydrogen-bond donors (Lipinski definition) is 8. The third kappa shape index (κ3) is 21.3. The Labute approximate surface area is 369 Å². The van der Waals surface area contributed by atoms with E-state index < -0.39 is 70.2 Å². The van der Waals surface area contributed by atoms with E-state index in [1.807, 2.05) is 0 Å². The smallest absolute Gasteiger partial charge is 0.466 e. The summed E-state index contributed by atoms with van der Waals surface area (Å²) in [7, 11) is -7.40. The number of ether oxygens (including phenoxy) is 3. The van der Waals surface area contributed by atoms with Crippen LogP contribution >= 0.6 is 37.2 Å². The molecule has 63 heavy (non-hydrogen) atoms. The van der Waals surface area contributed by atoms with Crippen molar-refractivity contribution in [2.45, 2.75) is 83.0 Å². The van der Waals surface area contributed by atoms with Gasteiger partial charge in [-0.25, -0.2) is 18.7 Å². The number of rotatable bonds is 25. The standard InChI is InChI=1S/C36H50N6O17P2S2/c1-2-55-31(44)15-10-18-62-63-23-26(40-34(46)35(47)56-21-24-11-5-3-6-12-24)33(45)39-16-8-4-7-14-29(43)38-17-9-13-25-20-42(36(48)41-32(25)37)30-19-27(59-61(52,53)54)28(58-30)22-57-60(49,50)51/h3,5-6,11-12,20,26-28,30H,2,4,7-8,10,14-19,21-23H2,1H3,(H,38,43)(H,39,45)(H,40,46)(H2,37,41,48)(H2,49,50,51)(H2,52,53,54). The van der Waals surface area contributed by atoms with Gasteiger partial charge in [0.15, 0.2) is 0 Å². The summed E-state index contributed by atoms with van der Waals surface area (Å²) in [5, 5.41) is 7.79. The molecule has 1 aliphatic heterocycles. The van der Waals surface area contributed by atoms with Crippen LogP contribution in [0.2, 0.25) is 0 Å². The number of benzene rings is 1. The molecule has 9 N–H and O–H groups in total. The quantitative estimate of drug-likeness (QED) is 0.0170. The molecule has 0 radical (unpaired) electrons. The molecule has 27 heteroatoms. The molecule has 4 atom stereocenters. The van der Waals surface area contributed by atoms with Gasteiger partial charge < -0.3 is 55.5 Å². The molecule has 0 spiro atoms. The van der Waals surface area contributed by atoms with E-state index in [4.69, 9.17) is 29.7 Å². The monoisotopic (exact) mass is 964 g/mol. The highest BCUT2D eigenvalue weighted by Gasteiger charge is 2.42. The lowest BCUT2D eigenvalue weighted by molar-refractivity contribution is -0.156. The van der Waals surface area contributed by atoms with E-state index >= 15 is 0 Å². The van der Waals surface area contributed by atoms with Gasteiger partial charge in [-0.15, -0.1) is 0 Å². The van der Waals surface area contributed by atoms with Crippen molar-refractivity contribution in [2.75, 3.05) is 43.5 Å². The van der Waals surface area contributed by atoms with Crippen molar-refractivity contribution >= 4 is 72.7 Å². The minimum atomic E-state index is -5.09. The van der Waals surface area contributed by atoms with Crippen LogP contribution in [0.4, 0.5) is 5.82 Å².